The van der Waals surface area contributed by atoms with Crippen LogP contribution in [0.5, 0.6) is 11.5 Å². The van der Waals surface area contributed by atoms with Gasteiger partial charge in [-0.3, -0.25) is 0 Å². The van der Waals surface area contributed by atoms with E-state index < -0.39 is 0 Å². The molecule has 0 spiro atoms. The van der Waals surface area contributed by atoms with Crippen molar-refractivity contribution < 1.29 is 4.74 Å². The first-order chi connectivity index (χ1) is 9.72. The molecule has 102 valence electrons. The summed E-state index contributed by atoms with van der Waals surface area (Å²) in [7, 11) is -0.0263. The van der Waals surface area contributed by atoms with Crippen LogP contribution in [0, 0.1) is 5.92 Å². The van der Waals surface area contributed by atoms with Gasteiger partial charge in [0.15, 0.2) is 11.5 Å². The normalized spacial score (nSPS) is 14.7. The molecule has 0 N–H and O–H groups in total. The molecular weight excluding hydrogens is 264 g/mol. The smallest absolute Gasteiger partial charge is 0.208 e. The molecule has 2 aromatic carbocycles. The Morgan fingerprint density at radius 1 is 0.950 bits per heavy atom. The lowest BCUT2D eigenvalue weighted by atomic mass is 10.2. The van der Waals surface area contributed by atoms with Gasteiger partial charge in [-0.15, -0.1) is 0 Å². The molecule has 2 heteroatoms. The maximum atomic E-state index is 6.06. The third kappa shape index (κ3) is 2.14. The Kier molecular flexibility index (Phi) is 3.58. The molecule has 20 heavy (non-hydrogen) atoms. The summed E-state index contributed by atoms with van der Waals surface area (Å²) in [4.78, 5) is 4.08. The van der Waals surface area contributed by atoms with Crippen molar-refractivity contribution >= 4 is 10.9 Å². The zero-order valence-corrected chi connectivity index (χ0v) is 12.9. The van der Waals surface area contributed by atoms with E-state index >= 15 is 0 Å². The molecule has 0 atom stereocenters. The van der Waals surface area contributed by atoms with Crippen molar-refractivity contribution in [3.05, 3.63) is 59.5 Å². The highest BCUT2D eigenvalue weighted by Crippen LogP contribution is 2.47. The van der Waals surface area contributed by atoms with Crippen LogP contribution in [-0.4, -0.2) is 0 Å². The SMILES string of the molecule is C/C=C(/C(C)C)[S+]1c2ccccc2Oc2ccccc21. The molecule has 1 heterocycles. The average molecular weight is 283 g/mol. The number of rotatable bonds is 2. The zero-order chi connectivity index (χ0) is 14.1. The summed E-state index contributed by atoms with van der Waals surface area (Å²) in [5, 5.41) is 0. The van der Waals surface area contributed by atoms with E-state index in [4.69, 9.17) is 4.74 Å². The van der Waals surface area contributed by atoms with E-state index in [-0.39, 0.29) is 10.9 Å². The van der Waals surface area contributed by atoms with E-state index in [1.807, 2.05) is 12.1 Å². The van der Waals surface area contributed by atoms with Gasteiger partial charge >= 0.3 is 0 Å². The minimum absolute atomic E-state index is 0.0263. The minimum Gasteiger partial charge on any atom is -0.447 e. The van der Waals surface area contributed by atoms with Gasteiger partial charge in [0.1, 0.15) is 15.8 Å². The maximum absolute atomic E-state index is 6.06. The number of hydrogen-bond donors (Lipinski definition) is 0. The third-order valence-electron chi connectivity index (χ3n) is 3.45. The van der Waals surface area contributed by atoms with Crippen molar-refractivity contribution in [3.8, 4) is 11.5 Å². The van der Waals surface area contributed by atoms with Gasteiger partial charge in [-0.25, -0.2) is 0 Å². The first-order valence-electron chi connectivity index (χ1n) is 6.98. The number of benzene rings is 2. The lowest BCUT2D eigenvalue weighted by molar-refractivity contribution is 0.453. The van der Waals surface area contributed by atoms with E-state index in [2.05, 4.69) is 63.2 Å². The summed E-state index contributed by atoms with van der Waals surface area (Å²) < 4.78 is 6.06. The van der Waals surface area contributed by atoms with Crippen LogP contribution < -0.4 is 4.74 Å². The van der Waals surface area contributed by atoms with E-state index in [0.29, 0.717) is 5.92 Å². The molecule has 1 nitrogen and oxygen atoms in total. The Morgan fingerprint density at radius 2 is 1.45 bits per heavy atom. The van der Waals surface area contributed by atoms with Crippen molar-refractivity contribution in [1.29, 1.82) is 0 Å². The highest BCUT2D eigenvalue weighted by atomic mass is 32.2. The molecule has 0 aliphatic carbocycles. The van der Waals surface area contributed by atoms with Crippen LogP contribution in [0.1, 0.15) is 20.8 Å². The fraction of sp³-hybridized carbons (Fsp3) is 0.222. The van der Waals surface area contributed by atoms with Gasteiger partial charge < -0.3 is 4.74 Å². The van der Waals surface area contributed by atoms with Gasteiger partial charge in [0.05, 0.1) is 0 Å². The molecule has 0 saturated carbocycles. The summed E-state index contributed by atoms with van der Waals surface area (Å²) in [6, 6.07) is 16.8. The maximum Gasteiger partial charge on any atom is 0.208 e. The van der Waals surface area contributed by atoms with Gasteiger partial charge in [0, 0.05) is 5.92 Å². The summed E-state index contributed by atoms with van der Waals surface area (Å²) in [5.41, 5.74) is 0. The largest absolute Gasteiger partial charge is 0.447 e. The Balaban J connectivity index is 2.22. The Labute approximate surface area is 123 Å². The average Bonchev–Trinajstić information content (AvgIpc) is 2.47. The summed E-state index contributed by atoms with van der Waals surface area (Å²) in [5.74, 6) is 2.52. The highest BCUT2D eigenvalue weighted by Gasteiger charge is 2.40. The molecule has 0 amide bonds. The molecule has 0 saturated heterocycles. The first-order valence-corrected chi connectivity index (χ1v) is 8.21. The fourth-order valence-electron chi connectivity index (χ4n) is 2.58. The minimum atomic E-state index is -0.0263. The van der Waals surface area contributed by atoms with Crippen LogP contribution in [-0.2, 0) is 10.9 Å². The number of allylic oxidation sites excluding steroid dienone is 2. The number of hydrogen-bond acceptors (Lipinski definition) is 1. The summed E-state index contributed by atoms with van der Waals surface area (Å²) >= 11 is 0. The lowest BCUT2D eigenvalue weighted by Gasteiger charge is -2.22. The first kappa shape index (κ1) is 13.3. The molecule has 0 fully saturated rings. The Morgan fingerprint density at radius 3 is 1.90 bits per heavy atom. The van der Waals surface area contributed by atoms with Gasteiger partial charge in [-0.1, -0.05) is 38.1 Å². The van der Waals surface area contributed by atoms with Crippen LogP contribution in [0.2, 0.25) is 0 Å². The van der Waals surface area contributed by atoms with Crippen LogP contribution in [0.15, 0.2) is 69.3 Å². The second kappa shape index (κ2) is 5.37. The number of para-hydroxylation sites is 2. The van der Waals surface area contributed by atoms with Crippen molar-refractivity contribution in [2.75, 3.05) is 0 Å². The molecule has 0 bridgehead atoms. The second-order valence-electron chi connectivity index (χ2n) is 5.15. The van der Waals surface area contributed by atoms with Crippen molar-refractivity contribution in [2.45, 2.75) is 30.6 Å². The molecule has 0 unspecified atom stereocenters. The van der Waals surface area contributed by atoms with Crippen molar-refractivity contribution in [2.24, 2.45) is 5.92 Å². The van der Waals surface area contributed by atoms with Crippen LogP contribution in [0.4, 0.5) is 0 Å². The van der Waals surface area contributed by atoms with Crippen LogP contribution in [0.3, 0.4) is 0 Å². The van der Waals surface area contributed by atoms with Crippen molar-refractivity contribution in [1.82, 2.24) is 0 Å². The molecule has 1 aliphatic heterocycles. The summed E-state index contributed by atoms with van der Waals surface area (Å²) in [6.45, 7) is 6.68. The molecular formula is C18H19OS+. The number of fused-ring (bicyclic) bond motifs is 2. The molecule has 0 radical (unpaired) electrons. The van der Waals surface area contributed by atoms with Gasteiger partial charge in [-0.05, 0) is 37.3 Å². The summed E-state index contributed by atoms with van der Waals surface area (Å²) in [6.07, 6.45) is 2.27. The quantitative estimate of drug-likeness (QED) is 0.672. The zero-order valence-electron chi connectivity index (χ0n) is 12.1. The van der Waals surface area contributed by atoms with E-state index in [9.17, 15) is 0 Å². The monoisotopic (exact) mass is 283 g/mol. The Bertz CT molecular complexity index is 612. The van der Waals surface area contributed by atoms with Gasteiger partial charge in [0.2, 0.25) is 9.79 Å². The van der Waals surface area contributed by atoms with E-state index in [0.717, 1.165) is 11.5 Å². The molecule has 2 aromatic rings. The van der Waals surface area contributed by atoms with Crippen LogP contribution in [0.25, 0.3) is 0 Å². The second-order valence-corrected chi connectivity index (χ2v) is 7.11. The Hall–Kier alpha value is -1.67. The molecule has 0 aromatic heterocycles. The predicted molar refractivity (Wildman–Crippen MR) is 85.5 cm³/mol. The van der Waals surface area contributed by atoms with E-state index in [1.54, 1.807) is 0 Å². The molecule has 3 rings (SSSR count). The number of ether oxygens (including phenoxy) is 1. The third-order valence-corrected chi connectivity index (χ3v) is 6.18. The van der Waals surface area contributed by atoms with E-state index in [1.165, 1.54) is 14.7 Å². The van der Waals surface area contributed by atoms with Crippen LogP contribution >= 0.6 is 0 Å². The molecule has 1 aliphatic rings. The lowest BCUT2D eigenvalue weighted by Crippen LogP contribution is -2.16. The van der Waals surface area contributed by atoms with Crippen molar-refractivity contribution in [3.63, 3.8) is 0 Å². The fourth-order valence-corrected chi connectivity index (χ4v) is 5.09. The van der Waals surface area contributed by atoms with Gasteiger partial charge in [0.25, 0.3) is 0 Å². The standard InChI is InChI=1S/C18H19OS/c1-4-16(13(2)3)20-17-11-7-5-9-14(17)19-15-10-6-8-12-18(15)20/h4-13H,1-3H3/q+1/b16-4-. The van der Waals surface area contributed by atoms with Gasteiger partial charge in [-0.2, -0.15) is 0 Å². The predicted octanol–water partition coefficient (Wildman–Crippen LogP) is 5.39. The topological polar surface area (TPSA) is 9.23 Å². The highest BCUT2D eigenvalue weighted by molar-refractivity contribution is 8.00.